The SMILES string of the molecule is C#CC(=O)N1CCN(c2nc(NCCC(=O)N(C)C)nc3c2OCC(c2c(C)ccc4[nH]ncc24)O3)C[C@@H]1CC#N. The third-order valence-corrected chi connectivity index (χ3v) is 7.27. The highest BCUT2D eigenvalue weighted by molar-refractivity contribution is 5.93. The number of fused-ring (bicyclic) bond motifs is 2. The van der Waals surface area contributed by atoms with E-state index < -0.39 is 18.1 Å². The molecule has 1 unspecified atom stereocenters. The van der Waals surface area contributed by atoms with Crippen molar-refractivity contribution in [2.45, 2.75) is 31.9 Å². The summed E-state index contributed by atoms with van der Waals surface area (Å²) in [7, 11) is 3.40. The molecule has 0 bridgehead atoms. The third kappa shape index (κ3) is 5.52. The molecule has 4 heterocycles. The molecule has 2 aliphatic heterocycles. The van der Waals surface area contributed by atoms with E-state index in [1.807, 2.05) is 24.0 Å². The maximum Gasteiger partial charge on any atom is 0.298 e. The van der Waals surface area contributed by atoms with Gasteiger partial charge in [-0.25, -0.2) is 0 Å². The molecular weight excluding hydrogens is 526 g/mol. The van der Waals surface area contributed by atoms with Gasteiger partial charge in [-0.1, -0.05) is 6.07 Å². The molecule has 0 aliphatic carbocycles. The van der Waals surface area contributed by atoms with Crippen LogP contribution in [0.1, 0.15) is 30.1 Å². The summed E-state index contributed by atoms with van der Waals surface area (Å²) in [6.45, 7) is 3.59. The van der Waals surface area contributed by atoms with Crippen molar-refractivity contribution in [3.05, 3.63) is 29.5 Å². The number of nitrogens with zero attached hydrogens (tertiary/aromatic N) is 7. The van der Waals surface area contributed by atoms with Crippen molar-refractivity contribution in [1.82, 2.24) is 30.0 Å². The van der Waals surface area contributed by atoms with E-state index >= 15 is 0 Å². The summed E-state index contributed by atoms with van der Waals surface area (Å²) in [5, 5.41) is 20.7. The van der Waals surface area contributed by atoms with Crippen molar-refractivity contribution in [1.29, 1.82) is 5.26 Å². The molecule has 212 valence electrons. The molecule has 13 heteroatoms. The maximum atomic E-state index is 12.3. The van der Waals surface area contributed by atoms with Gasteiger partial charge in [0, 0.05) is 57.6 Å². The third-order valence-electron chi connectivity index (χ3n) is 7.27. The second kappa shape index (κ2) is 11.6. The number of nitrogens with one attached hydrogen (secondary N) is 2. The summed E-state index contributed by atoms with van der Waals surface area (Å²) >= 11 is 0. The van der Waals surface area contributed by atoms with E-state index in [1.54, 1.807) is 25.2 Å². The molecule has 3 aromatic rings. The van der Waals surface area contributed by atoms with Crippen LogP contribution in [0.15, 0.2) is 18.3 Å². The Labute approximate surface area is 237 Å². The van der Waals surface area contributed by atoms with Crippen LogP contribution in [0.25, 0.3) is 10.9 Å². The minimum atomic E-state index is -0.453. The molecule has 13 nitrogen and oxygen atoms in total. The molecule has 5 rings (SSSR count). The first kappa shape index (κ1) is 27.5. The number of rotatable bonds is 7. The van der Waals surface area contributed by atoms with Gasteiger partial charge in [0.2, 0.25) is 17.6 Å². The second-order valence-corrected chi connectivity index (χ2v) is 10.1. The molecule has 2 aromatic heterocycles. The summed E-state index contributed by atoms with van der Waals surface area (Å²) in [5.74, 6) is 3.05. The molecule has 0 spiro atoms. The fourth-order valence-electron chi connectivity index (χ4n) is 5.15. The predicted octanol–water partition coefficient (Wildman–Crippen LogP) is 1.63. The van der Waals surface area contributed by atoms with Crippen molar-refractivity contribution in [3.63, 3.8) is 0 Å². The topological polar surface area (TPSA) is 153 Å². The van der Waals surface area contributed by atoms with Gasteiger partial charge in [-0.3, -0.25) is 14.7 Å². The number of benzene rings is 1. The van der Waals surface area contributed by atoms with Gasteiger partial charge in [0.05, 0.1) is 30.2 Å². The molecular formula is C28H31N9O4. The number of H-pyrrole nitrogens is 1. The van der Waals surface area contributed by atoms with Gasteiger partial charge >= 0.3 is 0 Å². The van der Waals surface area contributed by atoms with E-state index in [9.17, 15) is 14.9 Å². The van der Waals surface area contributed by atoms with Crippen LogP contribution < -0.4 is 19.7 Å². The van der Waals surface area contributed by atoms with Crippen molar-refractivity contribution in [2.75, 3.05) is 57.1 Å². The number of aromatic amines is 1. The molecule has 2 N–H and O–H groups in total. The molecule has 2 amide bonds. The predicted molar refractivity (Wildman–Crippen MR) is 150 cm³/mol. The molecule has 41 heavy (non-hydrogen) atoms. The zero-order valence-corrected chi connectivity index (χ0v) is 23.2. The van der Waals surface area contributed by atoms with Gasteiger partial charge in [0.25, 0.3) is 11.8 Å². The number of aromatic nitrogens is 4. The van der Waals surface area contributed by atoms with Gasteiger partial charge in [-0.2, -0.15) is 20.3 Å². The number of terminal acetylenes is 1. The highest BCUT2D eigenvalue weighted by atomic mass is 16.6. The highest BCUT2D eigenvalue weighted by Gasteiger charge is 2.36. The van der Waals surface area contributed by atoms with Gasteiger partial charge in [0.15, 0.2) is 11.9 Å². The number of hydrogen-bond acceptors (Lipinski definition) is 10. The Morgan fingerprint density at radius 3 is 2.88 bits per heavy atom. The smallest absolute Gasteiger partial charge is 0.298 e. The molecule has 2 aliphatic rings. The molecule has 2 atom stereocenters. The largest absolute Gasteiger partial charge is 0.481 e. The van der Waals surface area contributed by atoms with Gasteiger partial charge in [-0.05, 0) is 24.5 Å². The number of hydrogen-bond donors (Lipinski definition) is 2. The van der Waals surface area contributed by atoms with E-state index in [0.717, 1.165) is 22.0 Å². The van der Waals surface area contributed by atoms with E-state index in [4.69, 9.17) is 20.9 Å². The fraction of sp³-hybridized carbons (Fsp3) is 0.429. The van der Waals surface area contributed by atoms with Crippen LogP contribution in [0.3, 0.4) is 0 Å². The van der Waals surface area contributed by atoms with Crippen LogP contribution in [-0.4, -0.2) is 94.7 Å². The first-order valence-electron chi connectivity index (χ1n) is 13.3. The number of carbonyl (C=O) groups excluding carboxylic acids is 2. The number of carbonyl (C=O) groups is 2. The van der Waals surface area contributed by atoms with Crippen LogP contribution in [-0.2, 0) is 9.59 Å². The monoisotopic (exact) mass is 557 g/mol. The lowest BCUT2D eigenvalue weighted by molar-refractivity contribution is -0.128. The zero-order chi connectivity index (χ0) is 29.1. The van der Waals surface area contributed by atoms with Crippen LogP contribution in [0.5, 0.6) is 11.6 Å². The lowest BCUT2D eigenvalue weighted by atomic mass is 9.99. The van der Waals surface area contributed by atoms with Crippen LogP contribution in [0.4, 0.5) is 11.8 Å². The van der Waals surface area contributed by atoms with Crippen molar-refractivity contribution < 1.29 is 19.1 Å². The first-order chi connectivity index (χ1) is 19.8. The number of nitriles is 1. The molecule has 1 aromatic carbocycles. The number of ether oxygens (including phenoxy) is 2. The highest BCUT2D eigenvalue weighted by Crippen LogP contribution is 2.43. The van der Waals surface area contributed by atoms with Crippen LogP contribution in [0.2, 0.25) is 0 Å². The van der Waals surface area contributed by atoms with Crippen LogP contribution >= 0.6 is 0 Å². The van der Waals surface area contributed by atoms with E-state index in [2.05, 4.69) is 32.5 Å². The first-order valence-corrected chi connectivity index (χ1v) is 13.3. The molecule has 1 saturated heterocycles. The van der Waals surface area contributed by atoms with E-state index in [0.29, 0.717) is 37.7 Å². The van der Waals surface area contributed by atoms with E-state index in [-0.39, 0.29) is 37.2 Å². The number of aryl methyl sites for hydroxylation is 1. The Balaban J connectivity index is 1.48. The number of anilines is 2. The van der Waals surface area contributed by atoms with Crippen LogP contribution in [0, 0.1) is 30.6 Å². The van der Waals surface area contributed by atoms with Crippen molar-refractivity contribution >= 4 is 34.5 Å². The van der Waals surface area contributed by atoms with Gasteiger partial charge in [-0.15, -0.1) is 6.42 Å². The Hall–Kier alpha value is -5.04. The number of piperazine rings is 1. The normalized spacial score (nSPS) is 18.0. The maximum absolute atomic E-state index is 12.3. The minimum Gasteiger partial charge on any atom is -0.481 e. The summed E-state index contributed by atoms with van der Waals surface area (Å²) in [5.41, 5.74) is 2.86. The summed E-state index contributed by atoms with van der Waals surface area (Å²) in [4.78, 5) is 38.8. The van der Waals surface area contributed by atoms with E-state index in [1.165, 1.54) is 4.90 Å². The minimum absolute atomic E-state index is 0.0346. The summed E-state index contributed by atoms with van der Waals surface area (Å²) in [6, 6.07) is 5.70. The average molecular weight is 558 g/mol. The Morgan fingerprint density at radius 1 is 1.29 bits per heavy atom. The second-order valence-electron chi connectivity index (χ2n) is 10.1. The molecule has 0 radical (unpaired) electrons. The van der Waals surface area contributed by atoms with Crippen molar-refractivity contribution in [2.24, 2.45) is 0 Å². The molecule has 0 saturated carbocycles. The lowest BCUT2D eigenvalue weighted by Gasteiger charge is -2.41. The fourth-order valence-corrected chi connectivity index (χ4v) is 5.15. The number of amides is 2. The standard InChI is InChI=1S/C28H31N9O4/c1-5-22(38)37-13-12-36(15-18(37)8-10-29)26-25-27(33-28(32-26)30-11-9-23(39)35(3)4)41-21(16-40-25)24-17(2)6-7-20-19(24)14-31-34-20/h1,6-7,14,18,21H,8-9,11-13,15-16H2,2-4H3,(H,31,34)(H,30,32,33)/t18-,21?/m0/s1. The quantitative estimate of drug-likeness (QED) is 0.410. The van der Waals surface area contributed by atoms with Gasteiger partial charge in [0.1, 0.15) is 6.61 Å². The average Bonchev–Trinajstić information content (AvgIpc) is 3.45. The molecule has 1 fully saturated rings. The summed E-state index contributed by atoms with van der Waals surface area (Å²) < 4.78 is 12.7. The Bertz CT molecular complexity index is 1550. The van der Waals surface area contributed by atoms with Crippen molar-refractivity contribution in [3.8, 4) is 30.0 Å². The zero-order valence-electron chi connectivity index (χ0n) is 23.2. The Kier molecular flexibility index (Phi) is 7.79. The summed E-state index contributed by atoms with van der Waals surface area (Å²) in [6.07, 6.45) is 7.05. The van der Waals surface area contributed by atoms with Gasteiger partial charge < -0.3 is 29.5 Å². The Morgan fingerprint density at radius 2 is 2.12 bits per heavy atom. The lowest BCUT2D eigenvalue weighted by Crippen LogP contribution is -2.55.